The van der Waals surface area contributed by atoms with Crippen LogP contribution in [0.3, 0.4) is 0 Å². The van der Waals surface area contributed by atoms with Crippen molar-refractivity contribution >= 4 is 15.9 Å². The third kappa shape index (κ3) is 2.92. The molecule has 0 aromatic heterocycles. The summed E-state index contributed by atoms with van der Waals surface area (Å²) in [5.41, 5.74) is 0.277. The van der Waals surface area contributed by atoms with E-state index in [1.807, 2.05) is 0 Å². The van der Waals surface area contributed by atoms with E-state index in [1.54, 1.807) is 12.1 Å². The topological polar surface area (TPSA) is 23.8 Å². The molecule has 1 fully saturated rings. The van der Waals surface area contributed by atoms with Crippen LogP contribution in [0.4, 0.5) is 4.39 Å². The molecule has 0 radical (unpaired) electrons. The lowest BCUT2D eigenvalue weighted by atomic mass is 9.68. The zero-order valence-corrected chi connectivity index (χ0v) is 12.1. The lowest BCUT2D eigenvalue weighted by Crippen LogP contribution is -2.29. The van der Waals surface area contributed by atoms with Gasteiger partial charge in [-0.3, -0.25) is 0 Å². The van der Waals surface area contributed by atoms with Gasteiger partial charge in [-0.25, -0.2) is 4.39 Å². The summed E-state index contributed by atoms with van der Waals surface area (Å²) in [4.78, 5) is 0. The van der Waals surface area contributed by atoms with Crippen LogP contribution in [0.2, 0.25) is 0 Å². The summed E-state index contributed by atoms with van der Waals surface area (Å²) >= 11 is 3.36. The maximum absolute atomic E-state index is 13.8. The lowest BCUT2D eigenvalue weighted by molar-refractivity contribution is 0.208. The molecule has 2 atom stereocenters. The minimum Gasteiger partial charge on any atom is -0.207 e. The van der Waals surface area contributed by atoms with Crippen molar-refractivity contribution in [2.45, 2.75) is 39.0 Å². The summed E-state index contributed by atoms with van der Waals surface area (Å²) in [6.07, 6.45) is 4.56. The monoisotopic (exact) mass is 309 g/mol. The number of benzene rings is 1. The number of hydrogen-bond acceptors (Lipinski definition) is 1. The number of rotatable bonds is 2. The van der Waals surface area contributed by atoms with Crippen LogP contribution in [0.5, 0.6) is 0 Å². The van der Waals surface area contributed by atoms with E-state index in [0.717, 1.165) is 23.7 Å². The van der Waals surface area contributed by atoms with Crippen molar-refractivity contribution in [2.75, 3.05) is 0 Å². The van der Waals surface area contributed by atoms with Crippen molar-refractivity contribution in [3.8, 4) is 6.07 Å². The molecule has 1 aliphatic carbocycles. The van der Waals surface area contributed by atoms with Gasteiger partial charge in [-0.1, -0.05) is 35.7 Å². The van der Waals surface area contributed by atoms with E-state index in [0.29, 0.717) is 17.9 Å². The molecule has 1 saturated carbocycles. The summed E-state index contributed by atoms with van der Waals surface area (Å²) in [5, 5.41) is 9.50. The summed E-state index contributed by atoms with van der Waals surface area (Å²) in [6.45, 7) is 2.18. The Kier molecular flexibility index (Phi) is 4.07. The first-order valence-corrected chi connectivity index (χ1v) is 7.19. The van der Waals surface area contributed by atoms with Crippen LogP contribution >= 0.6 is 15.9 Å². The van der Waals surface area contributed by atoms with Gasteiger partial charge in [-0.2, -0.15) is 5.26 Å². The van der Waals surface area contributed by atoms with Crippen LogP contribution in [-0.4, -0.2) is 0 Å². The van der Waals surface area contributed by atoms with Gasteiger partial charge in [0.15, 0.2) is 0 Å². The predicted octanol–water partition coefficient (Wildman–Crippen LogP) is 4.85. The van der Waals surface area contributed by atoms with Gasteiger partial charge in [-0.05, 0) is 48.9 Å². The van der Waals surface area contributed by atoms with Crippen LogP contribution in [0.25, 0.3) is 0 Å². The Balaban J connectivity index is 2.25. The second-order valence-electron chi connectivity index (χ2n) is 5.51. The SMILES string of the molecule is CC1CCCC(C#N)(Cc2cc(Br)ccc2F)C1. The van der Waals surface area contributed by atoms with Gasteiger partial charge < -0.3 is 0 Å². The van der Waals surface area contributed by atoms with E-state index in [1.165, 1.54) is 12.5 Å². The second kappa shape index (κ2) is 5.40. The summed E-state index contributed by atoms with van der Waals surface area (Å²) in [6, 6.07) is 7.43. The van der Waals surface area contributed by atoms with Gasteiger partial charge >= 0.3 is 0 Å². The Hall–Kier alpha value is -0.880. The van der Waals surface area contributed by atoms with Crippen LogP contribution in [0, 0.1) is 28.5 Å². The van der Waals surface area contributed by atoms with Gasteiger partial charge in [0.05, 0.1) is 11.5 Å². The molecule has 0 spiro atoms. The highest BCUT2D eigenvalue weighted by molar-refractivity contribution is 9.10. The van der Waals surface area contributed by atoms with Gasteiger partial charge in [0.2, 0.25) is 0 Å². The molecule has 3 heteroatoms. The van der Waals surface area contributed by atoms with E-state index in [9.17, 15) is 9.65 Å². The fourth-order valence-electron chi connectivity index (χ4n) is 3.01. The second-order valence-corrected chi connectivity index (χ2v) is 6.42. The van der Waals surface area contributed by atoms with Gasteiger partial charge in [0, 0.05) is 4.47 Å². The normalized spacial score (nSPS) is 27.8. The highest BCUT2D eigenvalue weighted by Crippen LogP contribution is 2.41. The number of nitrogens with zero attached hydrogens (tertiary/aromatic N) is 1. The third-order valence-corrected chi connectivity index (χ3v) is 4.36. The average molecular weight is 310 g/mol. The number of nitriles is 1. The Morgan fingerprint density at radius 1 is 1.56 bits per heavy atom. The molecular formula is C15H17BrFN. The molecule has 0 saturated heterocycles. The molecule has 0 bridgehead atoms. The van der Waals surface area contributed by atoms with Crippen molar-refractivity contribution in [3.05, 3.63) is 34.1 Å². The zero-order valence-electron chi connectivity index (χ0n) is 10.5. The van der Waals surface area contributed by atoms with E-state index in [4.69, 9.17) is 0 Å². The van der Waals surface area contributed by atoms with Crippen molar-refractivity contribution in [1.29, 1.82) is 5.26 Å². The van der Waals surface area contributed by atoms with E-state index in [-0.39, 0.29) is 11.2 Å². The van der Waals surface area contributed by atoms with Crippen LogP contribution < -0.4 is 0 Å². The molecule has 0 aliphatic heterocycles. The maximum atomic E-state index is 13.8. The largest absolute Gasteiger partial charge is 0.207 e. The fraction of sp³-hybridized carbons (Fsp3) is 0.533. The van der Waals surface area contributed by atoms with Crippen LogP contribution in [-0.2, 0) is 6.42 Å². The highest BCUT2D eigenvalue weighted by Gasteiger charge is 2.35. The van der Waals surface area contributed by atoms with Gasteiger partial charge in [-0.15, -0.1) is 0 Å². The standard InChI is InChI=1S/C15H17BrFN/c1-11-3-2-6-15(8-11,10-18)9-12-7-13(16)4-5-14(12)17/h4-5,7,11H,2-3,6,8-9H2,1H3. The quantitative estimate of drug-likeness (QED) is 0.766. The smallest absolute Gasteiger partial charge is 0.126 e. The van der Waals surface area contributed by atoms with Crippen LogP contribution in [0.15, 0.2) is 22.7 Å². The van der Waals surface area contributed by atoms with E-state index in [2.05, 4.69) is 28.9 Å². The fourth-order valence-corrected chi connectivity index (χ4v) is 3.41. The van der Waals surface area contributed by atoms with Crippen molar-refractivity contribution in [2.24, 2.45) is 11.3 Å². The molecule has 2 unspecified atom stereocenters. The minimum atomic E-state index is -0.376. The Labute approximate surface area is 116 Å². The molecule has 0 amide bonds. The number of hydrogen-bond donors (Lipinski definition) is 0. The molecule has 18 heavy (non-hydrogen) atoms. The third-order valence-electron chi connectivity index (χ3n) is 3.87. The molecule has 0 N–H and O–H groups in total. The van der Waals surface area contributed by atoms with E-state index < -0.39 is 0 Å². The zero-order chi connectivity index (χ0) is 13.2. The predicted molar refractivity (Wildman–Crippen MR) is 73.5 cm³/mol. The first-order valence-electron chi connectivity index (χ1n) is 6.40. The molecule has 2 rings (SSSR count). The molecule has 1 aromatic carbocycles. The van der Waals surface area contributed by atoms with Crippen molar-refractivity contribution < 1.29 is 4.39 Å². The molecule has 1 nitrogen and oxygen atoms in total. The van der Waals surface area contributed by atoms with E-state index >= 15 is 0 Å². The van der Waals surface area contributed by atoms with Crippen molar-refractivity contribution in [3.63, 3.8) is 0 Å². The van der Waals surface area contributed by atoms with Gasteiger partial charge in [0.1, 0.15) is 5.82 Å². The first kappa shape index (κ1) is 13.5. The summed E-state index contributed by atoms with van der Waals surface area (Å²) in [5.74, 6) is 0.361. The molecule has 1 aliphatic rings. The first-order chi connectivity index (χ1) is 8.54. The minimum absolute atomic E-state index is 0.203. The Bertz CT molecular complexity index is 480. The molecule has 96 valence electrons. The Morgan fingerprint density at radius 2 is 2.33 bits per heavy atom. The maximum Gasteiger partial charge on any atom is 0.126 e. The summed E-state index contributed by atoms with van der Waals surface area (Å²) < 4.78 is 14.7. The molecule has 1 aromatic rings. The van der Waals surface area contributed by atoms with Crippen molar-refractivity contribution in [1.82, 2.24) is 0 Å². The number of halogens is 2. The Morgan fingerprint density at radius 3 is 3.00 bits per heavy atom. The van der Waals surface area contributed by atoms with Crippen LogP contribution in [0.1, 0.15) is 38.2 Å². The molecular weight excluding hydrogens is 293 g/mol. The molecule has 0 heterocycles. The highest BCUT2D eigenvalue weighted by atomic mass is 79.9. The van der Waals surface area contributed by atoms with Gasteiger partial charge in [0.25, 0.3) is 0 Å². The average Bonchev–Trinajstić information content (AvgIpc) is 2.34. The summed E-state index contributed by atoms with van der Waals surface area (Å²) in [7, 11) is 0. The lowest BCUT2D eigenvalue weighted by Gasteiger charge is -2.34.